The topological polar surface area (TPSA) is 88.1 Å². The van der Waals surface area contributed by atoms with Crippen molar-refractivity contribution < 1.29 is 33.3 Å². The Balaban J connectivity index is 1.28. The highest BCUT2D eigenvalue weighted by Crippen LogP contribution is 2.71. The first-order valence-electron chi connectivity index (χ1n) is 15.1. The molecule has 0 aromatic carbocycles. The Morgan fingerprint density at radius 2 is 1.61 bits per heavy atom. The molecule has 7 nitrogen and oxygen atoms in total. The van der Waals surface area contributed by atoms with Crippen LogP contribution in [0.4, 0.5) is 0 Å². The lowest BCUT2D eigenvalue weighted by Crippen LogP contribution is -2.60. The number of ketones is 1. The van der Waals surface area contributed by atoms with Crippen LogP contribution in [0.25, 0.3) is 0 Å². The van der Waals surface area contributed by atoms with E-state index in [4.69, 9.17) is 18.9 Å². The van der Waals surface area contributed by atoms with Crippen LogP contribution in [0.15, 0.2) is 0 Å². The van der Waals surface area contributed by atoms with Crippen molar-refractivity contribution in [3.8, 4) is 0 Å². The van der Waals surface area contributed by atoms with E-state index < -0.39 is 5.79 Å². The van der Waals surface area contributed by atoms with E-state index in [1.54, 1.807) is 0 Å². The summed E-state index contributed by atoms with van der Waals surface area (Å²) in [4.78, 5) is 37.2. The van der Waals surface area contributed by atoms with Crippen molar-refractivity contribution in [1.82, 2.24) is 0 Å². The fourth-order valence-electron chi connectivity index (χ4n) is 10.9. The maximum atomic E-state index is 13.3. The molecule has 0 radical (unpaired) electrons. The molecule has 2 saturated heterocycles. The normalized spacial score (nSPS) is 53.5. The molecule has 4 aliphatic carbocycles. The van der Waals surface area contributed by atoms with Gasteiger partial charge in [-0.05, 0) is 85.4 Å². The predicted octanol–water partition coefficient (Wildman–Crippen LogP) is 5.09. The lowest BCUT2D eigenvalue weighted by Gasteiger charge is -2.62. The summed E-state index contributed by atoms with van der Waals surface area (Å²) in [5.74, 6) is 0.839. The second-order valence-electron chi connectivity index (χ2n) is 14.3. The Hall–Kier alpha value is -1.47. The minimum atomic E-state index is -1.06. The molecule has 6 aliphatic rings. The standard InChI is InChI=1S/C31H46O7/c1-16-11-27(34)31(35-15-16)17(2)28-26(38-31)14-23-21-13-25(37-19(4)33)24-12-20(36-18(3)32)7-9-29(24,5)22(21)8-10-30(23,28)6/h16-17,20-26,28H,7-15H2,1-6H3/t16-,17-,20-,21+,22-,23-,24+,25+,26?,28?,29+,30-,31-/m0/s1. The summed E-state index contributed by atoms with van der Waals surface area (Å²) in [7, 11) is 0. The third-order valence-corrected chi connectivity index (χ3v) is 12.3. The van der Waals surface area contributed by atoms with Crippen LogP contribution in [0.3, 0.4) is 0 Å². The van der Waals surface area contributed by atoms with Crippen LogP contribution in [-0.4, -0.2) is 48.4 Å². The SMILES string of the molecule is CC(=O)O[C@H]1CC[C@@]2(C)[C@H](C1)[C@H](OC(C)=O)C[C@@H]1[C@@H]2CC[C@]2(C)C3C(C[C@@H]12)O[C@@]1(OC[C@@H](C)CC1=O)[C@H]3C. The third-order valence-electron chi connectivity index (χ3n) is 12.3. The zero-order valence-corrected chi connectivity index (χ0v) is 24.0. The molecule has 6 fully saturated rings. The molecule has 0 N–H and O–H groups in total. The molecule has 0 bridgehead atoms. The fourth-order valence-corrected chi connectivity index (χ4v) is 10.9. The number of carbonyl (C=O) groups is 3. The quantitative estimate of drug-likeness (QED) is 0.460. The molecular weight excluding hydrogens is 484 g/mol. The van der Waals surface area contributed by atoms with Gasteiger partial charge in [0.1, 0.15) is 12.2 Å². The molecule has 0 aromatic heterocycles. The highest BCUT2D eigenvalue weighted by Gasteiger charge is 2.71. The van der Waals surface area contributed by atoms with E-state index in [0.717, 1.165) is 44.9 Å². The van der Waals surface area contributed by atoms with Crippen LogP contribution in [0.5, 0.6) is 0 Å². The second kappa shape index (κ2) is 9.02. The summed E-state index contributed by atoms with van der Waals surface area (Å²) in [6, 6.07) is 0. The van der Waals surface area contributed by atoms with E-state index >= 15 is 0 Å². The summed E-state index contributed by atoms with van der Waals surface area (Å²) in [6.07, 6.45) is 7.03. The van der Waals surface area contributed by atoms with Crippen molar-refractivity contribution in [1.29, 1.82) is 0 Å². The maximum absolute atomic E-state index is 13.3. The number of hydrogen-bond donors (Lipinski definition) is 0. The van der Waals surface area contributed by atoms with E-state index in [-0.39, 0.29) is 64.6 Å². The van der Waals surface area contributed by atoms with Gasteiger partial charge in [-0.15, -0.1) is 0 Å². The summed E-state index contributed by atoms with van der Waals surface area (Å²) >= 11 is 0. The molecule has 13 atom stereocenters. The van der Waals surface area contributed by atoms with Crippen LogP contribution in [0.1, 0.15) is 92.9 Å². The van der Waals surface area contributed by atoms with Gasteiger partial charge in [-0.1, -0.05) is 27.7 Å². The van der Waals surface area contributed by atoms with Crippen LogP contribution < -0.4 is 0 Å². The molecule has 2 heterocycles. The van der Waals surface area contributed by atoms with Crippen LogP contribution in [0, 0.1) is 52.3 Å². The molecule has 2 aliphatic heterocycles. The molecule has 212 valence electrons. The number of ether oxygens (including phenoxy) is 4. The van der Waals surface area contributed by atoms with E-state index in [2.05, 4.69) is 27.7 Å². The molecular formula is C31H46O7. The first-order chi connectivity index (χ1) is 17.9. The van der Waals surface area contributed by atoms with Crippen molar-refractivity contribution in [2.75, 3.05) is 6.61 Å². The predicted molar refractivity (Wildman–Crippen MR) is 139 cm³/mol. The number of fused-ring (bicyclic) bond motifs is 7. The number of Topliss-reactive ketones (excluding diaryl/α,β-unsaturated/α-hetero) is 1. The summed E-state index contributed by atoms with van der Waals surface area (Å²) in [6.45, 7) is 12.7. The van der Waals surface area contributed by atoms with Gasteiger partial charge in [0.2, 0.25) is 5.79 Å². The molecule has 7 heteroatoms. The van der Waals surface area contributed by atoms with Gasteiger partial charge in [0, 0.05) is 32.1 Å². The van der Waals surface area contributed by atoms with Crippen molar-refractivity contribution in [2.45, 2.75) is 117 Å². The lowest BCUT2D eigenvalue weighted by molar-refractivity contribution is -0.253. The van der Waals surface area contributed by atoms with Gasteiger partial charge >= 0.3 is 11.9 Å². The Bertz CT molecular complexity index is 1010. The fraction of sp³-hybridized carbons (Fsp3) is 0.903. The van der Waals surface area contributed by atoms with E-state index in [0.29, 0.717) is 36.7 Å². The molecule has 0 amide bonds. The van der Waals surface area contributed by atoms with Crippen molar-refractivity contribution in [3.05, 3.63) is 0 Å². The van der Waals surface area contributed by atoms with Gasteiger partial charge in [-0.2, -0.15) is 0 Å². The van der Waals surface area contributed by atoms with Gasteiger partial charge in [-0.3, -0.25) is 14.4 Å². The Morgan fingerprint density at radius 3 is 2.29 bits per heavy atom. The van der Waals surface area contributed by atoms with E-state index in [1.165, 1.54) is 13.8 Å². The van der Waals surface area contributed by atoms with E-state index in [1.807, 2.05) is 0 Å². The number of rotatable bonds is 2. The average molecular weight is 531 g/mol. The Morgan fingerprint density at radius 1 is 0.895 bits per heavy atom. The van der Waals surface area contributed by atoms with Crippen molar-refractivity contribution >= 4 is 17.7 Å². The molecule has 2 unspecified atom stereocenters. The molecule has 0 aromatic rings. The first kappa shape index (κ1) is 26.7. The van der Waals surface area contributed by atoms with Gasteiger partial charge in [0.25, 0.3) is 0 Å². The van der Waals surface area contributed by atoms with Crippen molar-refractivity contribution in [2.24, 2.45) is 52.3 Å². The van der Waals surface area contributed by atoms with Gasteiger partial charge in [0.05, 0.1) is 12.7 Å². The average Bonchev–Trinajstić information content (AvgIpc) is 3.28. The largest absolute Gasteiger partial charge is 0.463 e. The Kier molecular flexibility index (Phi) is 6.35. The summed E-state index contributed by atoms with van der Waals surface area (Å²) < 4.78 is 24.7. The van der Waals surface area contributed by atoms with Crippen LogP contribution >= 0.6 is 0 Å². The lowest BCUT2D eigenvalue weighted by atomic mass is 9.43. The maximum Gasteiger partial charge on any atom is 0.302 e. The van der Waals surface area contributed by atoms with Crippen LogP contribution in [-0.2, 0) is 33.3 Å². The number of hydrogen-bond acceptors (Lipinski definition) is 7. The zero-order chi connectivity index (χ0) is 27.2. The highest BCUT2D eigenvalue weighted by atomic mass is 16.7. The smallest absolute Gasteiger partial charge is 0.302 e. The molecule has 38 heavy (non-hydrogen) atoms. The second-order valence-corrected chi connectivity index (χ2v) is 14.3. The summed E-state index contributed by atoms with van der Waals surface area (Å²) in [5, 5.41) is 0. The zero-order valence-electron chi connectivity index (χ0n) is 24.0. The minimum Gasteiger partial charge on any atom is -0.463 e. The van der Waals surface area contributed by atoms with Gasteiger partial charge in [-0.25, -0.2) is 0 Å². The minimum absolute atomic E-state index is 0.0357. The third kappa shape index (κ3) is 3.77. The first-order valence-corrected chi connectivity index (χ1v) is 15.1. The van der Waals surface area contributed by atoms with E-state index in [9.17, 15) is 14.4 Å². The molecule has 1 spiro atoms. The van der Waals surface area contributed by atoms with Crippen molar-refractivity contribution in [3.63, 3.8) is 0 Å². The Labute approximate surface area is 227 Å². The summed E-state index contributed by atoms with van der Waals surface area (Å²) in [5.41, 5.74) is 0.116. The highest BCUT2D eigenvalue weighted by molar-refractivity contribution is 5.87. The molecule has 6 rings (SSSR count). The van der Waals surface area contributed by atoms with Gasteiger partial charge < -0.3 is 18.9 Å². The van der Waals surface area contributed by atoms with Gasteiger partial charge in [0.15, 0.2) is 5.78 Å². The molecule has 4 saturated carbocycles. The van der Waals surface area contributed by atoms with Crippen LogP contribution in [0.2, 0.25) is 0 Å². The monoisotopic (exact) mass is 530 g/mol. The number of esters is 2. The number of carbonyl (C=O) groups excluding carboxylic acids is 3.